The third kappa shape index (κ3) is 2.67. The maximum Gasteiger partial charge on any atom is 0.145 e. The van der Waals surface area contributed by atoms with Crippen LogP contribution in [-0.2, 0) is 9.57 Å². The van der Waals surface area contributed by atoms with E-state index in [1.165, 1.54) is 0 Å². The lowest BCUT2D eigenvalue weighted by atomic mass is 10.1. The van der Waals surface area contributed by atoms with Crippen LogP contribution in [0, 0.1) is 0 Å². The van der Waals surface area contributed by atoms with E-state index in [1.54, 1.807) is 0 Å². The van der Waals surface area contributed by atoms with Crippen molar-refractivity contribution in [3.63, 3.8) is 0 Å². The number of nitrogens with zero attached hydrogens (tertiary/aromatic N) is 2. The molecule has 0 bridgehead atoms. The zero-order valence-electron chi connectivity index (χ0n) is 9.45. The van der Waals surface area contributed by atoms with Crippen LogP contribution >= 0.6 is 31.9 Å². The van der Waals surface area contributed by atoms with Crippen molar-refractivity contribution in [3.05, 3.63) is 20.7 Å². The van der Waals surface area contributed by atoms with Gasteiger partial charge in [0.1, 0.15) is 23.1 Å². The molecule has 0 spiro atoms. The molecule has 0 radical (unpaired) electrons. The fraction of sp³-hybridized carbons (Fsp3) is 0.455. The highest BCUT2D eigenvalue weighted by atomic mass is 79.9. The van der Waals surface area contributed by atoms with Gasteiger partial charge in [0, 0.05) is 18.5 Å². The predicted octanol–water partition coefficient (Wildman–Crippen LogP) is 2.54. The zero-order valence-corrected chi connectivity index (χ0v) is 12.6. The van der Waals surface area contributed by atoms with E-state index < -0.39 is 0 Å². The summed E-state index contributed by atoms with van der Waals surface area (Å²) in [5, 5.41) is 7.45. The molecule has 0 aliphatic carbocycles. The number of epoxide rings is 1. The summed E-state index contributed by atoms with van der Waals surface area (Å²) in [6.07, 6.45) is 1.05. The van der Waals surface area contributed by atoms with E-state index in [9.17, 15) is 0 Å². The molecule has 1 fully saturated rings. The van der Waals surface area contributed by atoms with E-state index in [4.69, 9.17) is 9.57 Å². The molecule has 2 aliphatic heterocycles. The van der Waals surface area contributed by atoms with Crippen LogP contribution in [0.15, 0.2) is 20.3 Å². The minimum absolute atomic E-state index is 0.227. The van der Waals surface area contributed by atoms with Crippen molar-refractivity contribution >= 4 is 43.4 Å². The minimum atomic E-state index is 0.227. The summed E-state index contributed by atoms with van der Waals surface area (Å²) in [6, 6.07) is 1.99. The number of hydrogen-bond donors (Lipinski definition) is 1. The smallest absolute Gasteiger partial charge is 0.145 e. The Bertz CT molecular complexity index is 503. The lowest BCUT2D eigenvalue weighted by Crippen LogP contribution is -2.20. The number of oxime groups is 1. The van der Waals surface area contributed by atoms with E-state index in [0.717, 1.165) is 45.7 Å². The fourth-order valence-electron chi connectivity index (χ4n) is 1.71. The summed E-state index contributed by atoms with van der Waals surface area (Å²) in [6.45, 7) is 2.12. The van der Waals surface area contributed by atoms with Crippen LogP contribution in [0.5, 0.6) is 0 Å². The monoisotopic (exact) mass is 375 g/mol. The highest BCUT2D eigenvalue weighted by Gasteiger charge is 2.24. The van der Waals surface area contributed by atoms with Gasteiger partial charge in [-0.3, -0.25) is 0 Å². The Labute approximate surface area is 121 Å². The fourth-order valence-corrected chi connectivity index (χ4v) is 2.32. The SMILES string of the molecule is Brc1cc2c(nc1Br)NCC/C2=N\OC[C@@H]1CO1. The summed E-state index contributed by atoms with van der Waals surface area (Å²) in [5.41, 5.74) is 1.90. The Morgan fingerprint density at radius 3 is 3.17 bits per heavy atom. The molecule has 1 atom stereocenters. The van der Waals surface area contributed by atoms with Gasteiger partial charge in [-0.05, 0) is 37.9 Å². The van der Waals surface area contributed by atoms with Crippen molar-refractivity contribution in [2.24, 2.45) is 5.16 Å². The predicted molar refractivity (Wildman–Crippen MR) is 75.0 cm³/mol. The maximum absolute atomic E-state index is 5.30. The van der Waals surface area contributed by atoms with Gasteiger partial charge in [0.2, 0.25) is 0 Å². The summed E-state index contributed by atoms with van der Waals surface area (Å²) in [7, 11) is 0. The number of fused-ring (bicyclic) bond motifs is 1. The van der Waals surface area contributed by atoms with Gasteiger partial charge in [0.15, 0.2) is 0 Å². The Kier molecular flexibility index (Phi) is 3.54. The molecular weight excluding hydrogens is 366 g/mol. The normalized spacial score (nSPS) is 23.4. The molecule has 0 aromatic carbocycles. The minimum Gasteiger partial charge on any atom is -0.393 e. The van der Waals surface area contributed by atoms with Crippen LogP contribution in [-0.4, -0.2) is 36.6 Å². The van der Waals surface area contributed by atoms with Crippen LogP contribution in [0.1, 0.15) is 12.0 Å². The number of rotatable bonds is 3. The Balaban J connectivity index is 1.83. The summed E-state index contributed by atoms with van der Waals surface area (Å²) >= 11 is 6.84. The maximum atomic E-state index is 5.30. The average Bonchev–Trinajstić information content (AvgIpc) is 3.15. The van der Waals surface area contributed by atoms with E-state index in [2.05, 4.69) is 47.3 Å². The first-order chi connectivity index (χ1) is 8.74. The third-order valence-corrected chi connectivity index (χ3v) is 4.48. The second-order valence-electron chi connectivity index (χ2n) is 4.12. The van der Waals surface area contributed by atoms with Crippen molar-refractivity contribution in [2.45, 2.75) is 12.5 Å². The van der Waals surface area contributed by atoms with Crippen LogP contribution in [0.25, 0.3) is 0 Å². The van der Waals surface area contributed by atoms with Gasteiger partial charge in [-0.1, -0.05) is 5.16 Å². The number of ether oxygens (including phenoxy) is 1. The first-order valence-electron chi connectivity index (χ1n) is 5.65. The first kappa shape index (κ1) is 12.4. The second kappa shape index (κ2) is 5.14. The van der Waals surface area contributed by atoms with Gasteiger partial charge < -0.3 is 14.9 Å². The molecule has 0 amide bonds. The number of halogens is 2. The lowest BCUT2D eigenvalue weighted by molar-refractivity contribution is 0.124. The van der Waals surface area contributed by atoms with Gasteiger partial charge in [-0.25, -0.2) is 4.98 Å². The van der Waals surface area contributed by atoms with E-state index in [0.29, 0.717) is 6.61 Å². The molecule has 2 aliphatic rings. The number of aromatic nitrogens is 1. The third-order valence-electron chi connectivity index (χ3n) is 2.74. The molecular formula is C11H11Br2N3O2. The molecule has 5 nitrogen and oxygen atoms in total. The highest BCUT2D eigenvalue weighted by molar-refractivity contribution is 9.13. The topological polar surface area (TPSA) is 59.0 Å². The Hall–Kier alpha value is -0.660. The lowest BCUT2D eigenvalue weighted by Gasteiger charge is -2.19. The van der Waals surface area contributed by atoms with Crippen LogP contribution < -0.4 is 5.32 Å². The second-order valence-corrected chi connectivity index (χ2v) is 5.73. The molecule has 7 heteroatoms. The highest BCUT2D eigenvalue weighted by Crippen LogP contribution is 2.29. The van der Waals surface area contributed by atoms with E-state index >= 15 is 0 Å². The molecule has 18 heavy (non-hydrogen) atoms. The molecule has 1 aromatic heterocycles. The Morgan fingerprint density at radius 2 is 2.39 bits per heavy atom. The summed E-state index contributed by atoms with van der Waals surface area (Å²) in [4.78, 5) is 9.72. The molecule has 1 aromatic rings. The zero-order chi connectivity index (χ0) is 12.5. The standard InChI is InChI=1S/C11H11Br2N3O2/c12-8-3-7-9(16-18-5-6-4-17-6)1-2-14-11(7)15-10(8)13/h3,6H,1-2,4-5H2,(H,14,15)/b16-9+/t6-/m0/s1. The average molecular weight is 377 g/mol. The largest absolute Gasteiger partial charge is 0.393 e. The van der Waals surface area contributed by atoms with Crippen molar-refractivity contribution in [1.29, 1.82) is 0 Å². The number of nitrogens with one attached hydrogen (secondary N) is 1. The van der Waals surface area contributed by atoms with Crippen LogP contribution in [0.3, 0.4) is 0 Å². The molecule has 1 N–H and O–H groups in total. The van der Waals surface area contributed by atoms with Gasteiger partial charge in [0.05, 0.1) is 16.8 Å². The molecule has 96 valence electrons. The number of hydrogen-bond acceptors (Lipinski definition) is 5. The van der Waals surface area contributed by atoms with Crippen molar-refractivity contribution in [1.82, 2.24) is 4.98 Å². The van der Waals surface area contributed by atoms with E-state index in [-0.39, 0.29) is 6.10 Å². The van der Waals surface area contributed by atoms with Gasteiger partial charge in [0.25, 0.3) is 0 Å². The quantitative estimate of drug-likeness (QED) is 0.500. The van der Waals surface area contributed by atoms with Gasteiger partial charge in [-0.15, -0.1) is 0 Å². The van der Waals surface area contributed by atoms with Crippen molar-refractivity contribution in [2.75, 3.05) is 25.1 Å². The first-order valence-corrected chi connectivity index (χ1v) is 7.23. The molecule has 3 rings (SSSR count). The van der Waals surface area contributed by atoms with Gasteiger partial charge in [-0.2, -0.15) is 0 Å². The summed E-state index contributed by atoms with van der Waals surface area (Å²) < 4.78 is 6.76. The molecule has 1 saturated heterocycles. The molecule has 3 heterocycles. The van der Waals surface area contributed by atoms with E-state index in [1.807, 2.05) is 6.07 Å². The van der Waals surface area contributed by atoms with Gasteiger partial charge >= 0.3 is 0 Å². The van der Waals surface area contributed by atoms with Crippen molar-refractivity contribution < 1.29 is 9.57 Å². The molecule has 0 saturated carbocycles. The molecule has 0 unspecified atom stereocenters. The van der Waals surface area contributed by atoms with Crippen molar-refractivity contribution in [3.8, 4) is 0 Å². The number of pyridine rings is 1. The van der Waals surface area contributed by atoms with Crippen LogP contribution in [0.2, 0.25) is 0 Å². The number of anilines is 1. The summed E-state index contributed by atoms with van der Waals surface area (Å²) in [5.74, 6) is 0.835. The Morgan fingerprint density at radius 1 is 1.56 bits per heavy atom. The van der Waals surface area contributed by atoms with Crippen LogP contribution in [0.4, 0.5) is 5.82 Å².